The first-order valence-electron chi connectivity index (χ1n) is 5.14. The van der Waals surface area contributed by atoms with E-state index >= 15 is 0 Å². The Hall–Kier alpha value is 0.360. The van der Waals surface area contributed by atoms with Gasteiger partial charge in [-0.2, -0.15) is 0 Å². The fraction of sp³-hybridized carbons (Fsp3) is 0.231. The molecule has 2 aromatic rings. The molecule has 0 nitrogen and oxygen atoms in total. The van der Waals surface area contributed by atoms with E-state index in [2.05, 4.69) is 85.9 Å². The lowest BCUT2D eigenvalue weighted by molar-refractivity contribution is 1.20. The van der Waals surface area contributed by atoms with Crippen LogP contribution in [-0.2, 0) is 0 Å². The van der Waals surface area contributed by atoms with Crippen molar-refractivity contribution in [3.05, 3.63) is 54.1 Å². The Morgan fingerprint density at radius 1 is 1.06 bits per heavy atom. The normalized spacial score (nSPS) is 12.8. The summed E-state index contributed by atoms with van der Waals surface area (Å²) >= 11 is 12.7. The minimum absolute atomic E-state index is 0.258. The summed E-state index contributed by atoms with van der Waals surface area (Å²) in [6.45, 7) is 4.24. The van der Waals surface area contributed by atoms with Gasteiger partial charge in [0.1, 0.15) is 0 Å². The molecule has 4 heteroatoms. The maximum absolute atomic E-state index is 3.78. The van der Waals surface area contributed by atoms with E-state index in [0.29, 0.717) is 0 Å². The molecule has 0 spiro atoms. The van der Waals surface area contributed by atoms with Crippen molar-refractivity contribution in [1.82, 2.24) is 0 Å². The van der Waals surface area contributed by atoms with Crippen molar-refractivity contribution >= 4 is 59.1 Å². The van der Waals surface area contributed by atoms with Crippen LogP contribution in [0.3, 0.4) is 0 Å². The summed E-state index contributed by atoms with van der Waals surface area (Å²) in [6.07, 6.45) is 0. The van der Waals surface area contributed by atoms with E-state index in [0.717, 1.165) is 4.47 Å². The highest BCUT2D eigenvalue weighted by Crippen LogP contribution is 2.39. The third-order valence-electron chi connectivity index (χ3n) is 2.48. The topological polar surface area (TPSA) is 0 Å². The first kappa shape index (κ1) is 13.8. The Balaban J connectivity index is 2.39. The Bertz CT molecular complexity index is 506. The van der Waals surface area contributed by atoms with Gasteiger partial charge < -0.3 is 0 Å². The smallest absolute Gasteiger partial charge is 0.0739 e. The number of halogens is 3. The lowest BCUT2D eigenvalue weighted by Crippen LogP contribution is -1.90. The van der Waals surface area contributed by atoms with E-state index in [9.17, 15) is 0 Å². The molecule has 0 aliphatic carbocycles. The van der Waals surface area contributed by atoms with Crippen molar-refractivity contribution in [2.24, 2.45) is 0 Å². The maximum atomic E-state index is 3.78. The van der Waals surface area contributed by atoms with Crippen LogP contribution in [0.1, 0.15) is 25.7 Å². The van der Waals surface area contributed by atoms with Gasteiger partial charge in [0, 0.05) is 18.7 Å². The summed E-state index contributed by atoms with van der Waals surface area (Å²) in [7, 11) is 0. The molecule has 0 aliphatic rings. The van der Waals surface area contributed by atoms with Crippen LogP contribution in [0.4, 0.5) is 0 Å². The molecule has 1 atom stereocenters. The van der Waals surface area contributed by atoms with Gasteiger partial charge >= 0.3 is 0 Å². The van der Waals surface area contributed by atoms with Crippen molar-refractivity contribution in [3.63, 3.8) is 0 Å². The highest BCUT2D eigenvalue weighted by atomic mass is 79.9. The van der Waals surface area contributed by atoms with Gasteiger partial charge in [-0.25, -0.2) is 0 Å². The lowest BCUT2D eigenvalue weighted by Gasteiger charge is -2.09. The van der Waals surface area contributed by atoms with Crippen LogP contribution < -0.4 is 0 Å². The Morgan fingerprint density at radius 2 is 1.76 bits per heavy atom. The fourth-order valence-corrected chi connectivity index (χ4v) is 4.55. The third-order valence-corrected chi connectivity index (χ3v) is 6.47. The Kier molecular flexibility index (Phi) is 4.50. The second-order valence-electron chi connectivity index (χ2n) is 3.98. The zero-order valence-corrected chi connectivity index (χ0v) is 15.0. The summed E-state index contributed by atoms with van der Waals surface area (Å²) in [6, 6.07) is 8.69. The van der Waals surface area contributed by atoms with Gasteiger partial charge in [0.25, 0.3) is 0 Å². The van der Waals surface area contributed by atoms with Crippen molar-refractivity contribution in [1.29, 1.82) is 0 Å². The lowest BCUT2D eigenvalue weighted by atomic mass is 10.1. The first-order valence-corrected chi connectivity index (χ1v) is 8.46. The second kappa shape index (κ2) is 5.55. The number of aryl methyl sites for hydroxylation is 2. The van der Waals surface area contributed by atoms with Gasteiger partial charge in [-0.05, 0) is 59.1 Å². The van der Waals surface area contributed by atoms with Crippen LogP contribution in [0.5, 0.6) is 0 Å². The summed E-state index contributed by atoms with van der Waals surface area (Å²) in [5, 5.41) is 0. The van der Waals surface area contributed by atoms with Gasteiger partial charge in [-0.1, -0.05) is 37.9 Å². The van der Waals surface area contributed by atoms with Crippen molar-refractivity contribution in [3.8, 4) is 0 Å². The molecule has 0 aliphatic heterocycles. The molecule has 1 unspecified atom stereocenters. The highest BCUT2D eigenvalue weighted by Gasteiger charge is 2.15. The number of rotatable bonds is 2. The standard InChI is InChI=1S/C13H11Br3S/c1-7-3-9(5-10(14)4-7)13(16)12-6-11(15)8(2)17-12/h3-6,13H,1-2H3. The minimum Gasteiger partial charge on any atom is -0.143 e. The molecule has 0 fully saturated rings. The molecule has 1 heterocycles. The molecule has 0 saturated carbocycles. The number of hydrogen-bond donors (Lipinski definition) is 0. The van der Waals surface area contributed by atoms with E-state index in [-0.39, 0.29) is 4.83 Å². The van der Waals surface area contributed by atoms with E-state index in [1.54, 1.807) is 0 Å². The molecule has 0 radical (unpaired) electrons. The molecule has 0 amide bonds. The zero-order valence-electron chi connectivity index (χ0n) is 9.43. The number of thiophene rings is 1. The van der Waals surface area contributed by atoms with Crippen LogP contribution in [0, 0.1) is 13.8 Å². The fourth-order valence-electron chi connectivity index (χ4n) is 1.68. The Morgan fingerprint density at radius 3 is 2.29 bits per heavy atom. The summed E-state index contributed by atoms with van der Waals surface area (Å²) in [5.74, 6) is 0. The monoisotopic (exact) mass is 436 g/mol. The van der Waals surface area contributed by atoms with Gasteiger partial charge in [-0.3, -0.25) is 0 Å². The predicted octanol–water partition coefficient (Wildman–Crippen LogP) is 6.37. The molecule has 0 saturated heterocycles. The molecule has 1 aromatic carbocycles. The summed E-state index contributed by atoms with van der Waals surface area (Å²) < 4.78 is 2.32. The summed E-state index contributed by atoms with van der Waals surface area (Å²) in [5.41, 5.74) is 2.55. The molecule has 17 heavy (non-hydrogen) atoms. The van der Waals surface area contributed by atoms with Gasteiger partial charge in [0.05, 0.1) is 4.83 Å². The average molecular weight is 439 g/mol. The van der Waals surface area contributed by atoms with E-state index in [1.807, 2.05) is 11.3 Å². The van der Waals surface area contributed by atoms with Crippen molar-refractivity contribution < 1.29 is 0 Å². The first-order chi connectivity index (χ1) is 7.97. The molecule has 0 N–H and O–H groups in total. The minimum atomic E-state index is 0.258. The van der Waals surface area contributed by atoms with Crippen LogP contribution in [0.2, 0.25) is 0 Å². The average Bonchev–Trinajstić information content (AvgIpc) is 2.57. The Labute approximate surface area is 131 Å². The van der Waals surface area contributed by atoms with E-state index in [1.165, 1.54) is 25.4 Å². The maximum Gasteiger partial charge on any atom is 0.0739 e. The molecule has 2 rings (SSSR count). The number of benzene rings is 1. The largest absolute Gasteiger partial charge is 0.143 e. The second-order valence-corrected chi connectivity index (χ2v) is 7.95. The van der Waals surface area contributed by atoms with Gasteiger partial charge in [0.15, 0.2) is 0 Å². The molecule has 90 valence electrons. The highest BCUT2D eigenvalue weighted by molar-refractivity contribution is 9.11. The zero-order chi connectivity index (χ0) is 12.6. The van der Waals surface area contributed by atoms with Crippen molar-refractivity contribution in [2.45, 2.75) is 18.7 Å². The van der Waals surface area contributed by atoms with Crippen LogP contribution in [0.15, 0.2) is 33.2 Å². The molecular formula is C13H11Br3S. The van der Waals surface area contributed by atoms with E-state index in [4.69, 9.17) is 0 Å². The molecular weight excluding hydrogens is 428 g/mol. The van der Waals surface area contributed by atoms with E-state index < -0.39 is 0 Å². The SMILES string of the molecule is Cc1cc(Br)cc(C(Br)c2cc(Br)c(C)s2)c1. The molecule has 0 bridgehead atoms. The number of alkyl halides is 1. The van der Waals surface area contributed by atoms with Gasteiger partial charge in [0.2, 0.25) is 0 Å². The molecule has 1 aromatic heterocycles. The third kappa shape index (κ3) is 3.22. The van der Waals surface area contributed by atoms with Crippen LogP contribution >= 0.6 is 59.1 Å². The number of hydrogen-bond acceptors (Lipinski definition) is 1. The van der Waals surface area contributed by atoms with Crippen LogP contribution in [-0.4, -0.2) is 0 Å². The van der Waals surface area contributed by atoms with Crippen molar-refractivity contribution in [2.75, 3.05) is 0 Å². The predicted molar refractivity (Wildman–Crippen MR) is 86.4 cm³/mol. The van der Waals surface area contributed by atoms with Crippen LogP contribution in [0.25, 0.3) is 0 Å². The summed E-state index contributed by atoms with van der Waals surface area (Å²) in [4.78, 5) is 2.90. The quantitative estimate of drug-likeness (QED) is 0.477. The van der Waals surface area contributed by atoms with Gasteiger partial charge in [-0.15, -0.1) is 11.3 Å².